The molecule has 0 atom stereocenters. The highest BCUT2D eigenvalue weighted by molar-refractivity contribution is 7.26. The van der Waals surface area contributed by atoms with Crippen molar-refractivity contribution >= 4 is 81.1 Å². The lowest BCUT2D eigenvalue weighted by molar-refractivity contribution is 1.19. The molecule has 0 N–H and O–H groups in total. The molecule has 0 unspecified atom stereocenters. The van der Waals surface area contributed by atoms with Gasteiger partial charge in [-0.1, -0.05) is 152 Å². The number of para-hydroxylation sites is 3. The van der Waals surface area contributed by atoms with Crippen molar-refractivity contribution in [2.24, 2.45) is 0 Å². The average molecular weight is 719 g/mol. The number of aromatic nitrogens is 1. The smallest absolute Gasteiger partial charge is 0.0640 e. The highest BCUT2D eigenvalue weighted by atomic mass is 32.1. The Balaban J connectivity index is 1.17. The Kier molecular flexibility index (Phi) is 7.39. The maximum atomic E-state index is 2.47. The molecule has 2 aromatic heterocycles. The first-order valence-corrected chi connectivity index (χ1v) is 19.6. The van der Waals surface area contributed by atoms with Crippen molar-refractivity contribution in [3.63, 3.8) is 0 Å². The molecule has 0 aliphatic rings. The summed E-state index contributed by atoms with van der Waals surface area (Å²) in [6.45, 7) is 0. The maximum Gasteiger partial charge on any atom is 0.0640 e. The summed E-state index contributed by atoms with van der Waals surface area (Å²) < 4.78 is 4.99. The summed E-state index contributed by atoms with van der Waals surface area (Å²) in [6, 6.07) is 75.2. The van der Waals surface area contributed by atoms with Gasteiger partial charge in [-0.15, -0.1) is 11.3 Å². The lowest BCUT2D eigenvalue weighted by Gasteiger charge is -2.29. The van der Waals surface area contributed by atoms with Gasteiger partial charge in [0.05, 0.1) is 27.1 Å². The zero-order valence-corrected chi connectivity index (χ0v) is 30.7. The van der Waals surface area contributed by atoms with Crippen LogP contribution in [-0.4, -0.2) is 4.57 Å². The normalized spacial score (nSPS) is 11.6. The molecule has 0 aliphatic carbocycles. The molecule has 0 fully saturated rings. The molecule has 0 spiro atoms. The summed E-state index contributed by atoms with van der Waals surface area (Å²) in [4.78, 5) is 2.47. The molecule has 9 aromatic carbocycles. The monoisotopic (exact) mass is 718 g/mol. The van der Waals surface area contributed by atoms with Crippen LogP contribution < -0.4 is 4.90 Å². The summed E-state index contributed by atoms with van der Waals surface area (Å²) in [5.74, 6) is 0. The number of rotatable bonds is 6. The van der Waals surface area contributed by atoms with Crippen LogP contribution in [0.1, 0.15) is 0 Å². The standard InChI is InChI=1S/C52H34N2S/c1-2-16-35(17-3-1)41-22-6-10-27-47(41)53(50-30-15-26-45-44-25-9-13-31-51(44)55-52(45)50)38-20-14-19-37(32-38)46-34-39(33-36-18-4-5-21-40(36)46)54-48-28-11-7-23-42(48)43-24-8-12-29-49(43)54/h1-34H. The second kappa shape index (κ2) is 12.9. The Hall–Kier alpha value is -6.94. The SMILES string of the molecule is c1ccc(-c2ccccc2N(c2cccc(-c3cc(-n4c5ccccc5c5ccccc54)cc4ccccc34)c2)c2cccc3c2sc2ccccc23)cc1. The van der Waals surface area contributed by atoms with Gasteiger partial charge in [-0.25, -0.2) is 0 Å². The Morgan fingerprint density at radius 2 is 0.982 bits per heavy atom. The molecule has 55 heavy (non-hydrogen) atoms. The van der Waals surface area contributed by atoms with Crippen molar-refractivity contribution in [3.8, 4) is 27.9 Å². The van der Waals surface area contributed by atoms with Gasteiger partial charge in [-0.3, -0.25) is 0 Å². The average Bonchev–Trinajstić information content (AvgIpc) is 3.81. The van der Waals surface area contributed by atoms with Crippen molar-refractivity contribution < 1.29 is 0 Å². The van der Waals surface area contributed by atoms with E-state index in [2.05, 4.69) is 216 Å². The van der Waals surface area contributed by atoms with E-state index in [1.807, 2.05) is 11.3 Å². The molecule has 0 saturated carbocycles. The van der Waals surface area contributed by atoms with Gasteiger partial charge < -0.3 is 9.47 Å². The topological polar surface area (TPSA) is 8.17 Å². The number of nitrogens with zero attached hydrogens (tertiary/aromatic N) is 2. The molecule has 0 radical (unpaired) electrons. The largest absolute Gasteiger partial charge is 0.309 e. The highest BCUT2D eigenvalue weighted by Crippen LogP contribution is 2.48. The number of hydrogen-bond acceptors (Lipinski definition) is 2. The minimum atomic E-state index is 1.11. The van der Waals surface area contributed by atoms with E-state index in [-0.39, 0.29) is 0 Å². The number of benzene rings is 9. The predicted molar refractivity (Wildman–Crippen MR) is 237 cm³/mol. The molecule has 2 nitrogen and oxygen atoms in total. The summed E-state index contributed by atoms with van der Waals surface area (Å²) in [6.07, 6.45) is 0. The minimum absolute atomic E-state index is 1.11. The van der Waals surface area contributed by atoms with Crippen molar-refractivity contribution in [3.05, 3.63) is 206 Å². The number of thiophene rings is 1. The van der Waals surface area contributed by atoms with Crippen LogP contribution in [0.25, 0.3) is 80.7 Å². The quantitative estimate of drug-likeness (QED) is 0.166. The summed E-state index contributed by atoms with van der Waals surface area (Å²) >= 11 is 1.87. The zero-order valence-electron chi connectivity index (χ0n) is 29.9. The molecular formula is C52H34N2S. The third-order valence-corrected chi connectivity index (χ3v) is 12.2. The third kappa shape index (κ3) is 5.16. The lowest BCUT2D eigenvalue weighted by Crippen LogP contribution is -2.11. The maximum absolute atomic E-state index is 2.47. The van der Waals surface area contributed by atoms with Crippen LogP contribution in [0, 0.1) is 0 Å². The number of hydrogen-bond donors (Lipinski definition) is 0. The van der Waals surface area contributed by atoms with Gasteiger partial charge in [0, 0.05) is 43.2 Å². The third-order valence-electron chi connectivity index (χ3n) is 11.0. The zero-order chi connectivity index (χ0) is 36.3. The van der Waals surface area contributed by atoms with E-state index >= 15 is 0 Å². The molecule has 11 aromatic rings. The second-order valence-electron chi connectivity index (χ2n) is 14.1. The van der Waals surface area contributed by atoms with Crippen LogP contribution in [0.3, 0.4) is 0 Å². The molecule has 0 aliphatic heterocycles. The van der Waals surface area contributed by atoms with E-state index in [4.69, 9.17) is 0 Å². The van der Waals surface area contributed by atoms with E-state index in [1.165, 1.54) is 80.7 Å². The molecule has 258 valence electrons. The van der Waals surface area contributed by atoms with E-state index in [0.717, 1.165) is 17.1 Å². The minimum Gasteiger partial charge on any atom is -0.309 e. The van der Waals surface area contributed by atoms with Crippen LogP contribution in [0.4, 0.5) is 17.1 Å². The summed E-state index contributed by atoms with van der Waals surface area (Å²) in [7, 11) is 0. The Morgan fingerprint density at radius 3 is 1.80 bits per heavy atom. The molecule has 0 amide bonds. The molecular weight excluding hydrogens is 685 g/mol. The highest BCUT2D eigenvalue weighted by Gasteiger charge is 2.22. The molecule has 2 heterocycles. The van der Waals surface area contributed by atoms with Gasteiger partial charge in [-0.2, -0.15) is 0 Å². The molecule has 3 heteroatoms. The fourth-order valence-electron chi connectivity index (χ4n) is 8.52. The lowest BCUT2D eigenvalue weighted by atomic mass is 9.96. The van der Waals surface area contributed by atoms with E-state index < -0.39 is 0 Å². The summed E-state index contributed by atoms with van der Waals surface area (Å²) in [5.41, 5.74) is 11.7. The van der Waals surface area contributed by atoms with Gasteiger partial charge in [-0.05, 0) is 82.1 Å². The molecule has 0 bridgehead atoms. The van der Waals surface area contributed by atoms with Crippen LogP contribution in [0.15, 0.2) is 206 Å². The Labute approximate surface area is 323 Å². The molecule has 11 rings (SSSR count). The van der Waals surface area contributed by atoms with Crippen molar-refractivity contribution in [2.75, 3.05) is 4.90 Å². The summed E-state index contributed by atoms with van der Waals surface area (Å²) in [5, 5.41) is 7.54. The van der Waals surface area contributed by atoms with Crippen LogP contribution in [-0.2, 0) is 0 Å². The number of fused-ring (bicyclic) bond motifs is 7. The second-order valence-corrected chi connectivity index (χ2v) is 15.2. The predicted octanol–water partition coefficient (Wildman–Crippen LogP) is 15.1. The van der Waals surface area contributed by atoms with Gasteiger partial charge >= 0.3 is 0 Å². The van der Waals surface area contributed by atoms with Crippen molar-refractivity contribution in [1.29, 1.82) is 0 Å². The van der Waals surface area contributed by atoms with E-state index in [0.29, 0.717) is 0 Å². The number of anilines is 3. The van der Waals surface area contributed by atoms with E-state index in [9.17, 15) is 0 Å². The first-order valence-electron chi connectivity index (χ1n) is 18.8. The fourth-order valence-corrected chi connectivity index (χ4v) is 9.73. The van der Waals surface area contributed by atoms with E-state index in [1.54, 1.807) is 0 Å². The van der Waals surface area contributed by atoms with Crippen LogP contribution in [0.2, 0.25) is 0 Å². The van der Waals surface area contributed by atoms with Gasteiger partial charge in [0.1, 0.15) is 0 Å². The van der Waals surface area contributed by atoms with Gasteiger partial charge in [0.15, 0.2) is 0 Å². The fraction of sp³-hybridized carbons (Fsp3) is 0. The van der Waals surface area contributed by atoms with Crippen LogP contribution in [0.5, 0.6) is 0 Å². The molecule has 0 saturated heterocycles. The first kappa shape index (κ1) is 31.6. The Morgan fingerprint density at radius 1 is 0.382 bits per heavy atom. The van der Waals surface area contributed by atoms with Crippen molar-refractivity contribution in [1.82, 2.24) is 4.57 Å². The first-order chi connectivity index (χ1) is 27.3. The Bertz CT molecular complexity index is 3170. The van der Waals surface area contributed by atoms with Gasteiger partial charge in [0.2, 0.25) is 0 Å². The van der Waals surface area contributed by atoms with Crippen molar-refractivity contribution in [2.45, 2.75) is 0 Å². The van der Waals surface area contributed by atoms with Crippen LogP contribution >= 0.6 is 11.3 Å². The van der Waals surface area contributed by atoms with Gasteiger partial charge in [0.25, 0.3) is 0 Å².